The molecule has 1 aromatic carbocycles. The summed E-state index contributed by atoms with van der Waals surface area (Å²) in [5.74, 6) is 0. The Morgan fingerprint density at radius 3 is 2.13 bits per heavy atom. The van der Waals surface area contributed by atoms with Gasteiger partial charge >= 0.3 is 57.6 Å². The maximum atomic E-state index is 12.1. The van der Waals surface area contributed by atoms with Crippen LogP contribution in [0.1, 0.15) is 5.56 Å². The maximum Gasteiger partial charge on any atom is 1.00 e. The first-order valence-electron chi connectivity index (χ1n) is 3.38. The van der Waals surface area contributed by atoms with Crippen LogP contribution >= 0.6 is 0 Å². The number of hydrogen-bond donors (Lipinski definition) is 0. The van der Waals surface area contributed by atoms with Gasteiger partial charge in [0.05, 0.1) is 15.6 Å². The number of alkyl halides is 3. The van der Waals surface area contributed by atoms with Gasteiger partial charge in [-0.25, -0.2) is 8.42 Å². The van der Waals surface area contributed by atoms with Crippen LogP contribution in [0.5, 0.6) is 0 Å². The van der Waals surface area contributed by atoms with Gasteiger partial charge in [-0.15, -0.1) is 0 Å². The van der Waals surface area contributed by atoms with E-state index in [1.165, 1.54) is 0 Å². The zero-order valence-corrected chi connectivity index (χ0v) is 11.6. The predicted molar refractivity (Wildman–Crippen MR) is 43.0 cm³/mol. The fourth-order valence-corrected chi connectivity index (χ4v) is 1.38. The van der Waals surface area contributed by atoms with Crippen molar-refractivity contribution in [3.63, 3.8) is 0 Å². The molecule has 0 heterocycles. The quantitative estimate of drug-likeness (QED) is 0.638. The Balaban J connectivity index is 0.00000196. The molecule has 3 nitrogen and oxygen atoms in total. The number of hydrogen-bond acceptors (Lipinski definition) is 2. The van der Waals surface area contributed by atoms with Gasteiger partial charge in [0.1, 0.15) is 0 Å². The fraction of sp³-hybridized carbons (Fsp3) is 0.143. The Labute approximate surface area is 127 Å². The third-order valence-corrected chi connectivity index (χ3v) is 2.35. The first-order chi connectivity index (χ1) is 6.21. The Morgan fingerprint density at radius 1 is 1.20 bits per heavy atom. The van der Waals surface area contributed by atoms with E-state index in [1.54, 1.807) is 0 Å². The number of benzene rings is 1. The summed E-state index contributed by atoms with van der Waals surface area (Å²) in [5.41, 5.74) is -1.08. The molecule has 8 heteroatoms. The molecular weight excluding hydrogens is 258 g/mol. The molecule has 0 fully saturated rings. The Bertz CT molecular complexity index is 444. The van der Waals surface area contributed by atoms with E-state index in [4.69, 9.17) is 5.14 Å². The van der Waals surface area contributed by atoms with Crippen LogP contribution < -0.4 is 51.4 Å². The van der Waals surface area contributed by atoms with Gasteiger partial charge < -0.3 is 5.14 Å². The van der Waals surface area contributed by atoms with Crippen molar-refractivity contribution in [1.29, 1.82) is 0 Å². The number of sulfonamides is 1. The predicted octanol–water partition coefficient (Wildman–Crippen LogP) is -0.550. The van der Waals surface area contributed by atoms with E-state index in [2.05, 4.69) is 0 Å². The van der Waals surface area contributed by atoms with E-state index in [9.17, 15) is 21.6 Å². The van der Waals surface area contributed by atoms with Crippen LogP contribution in [0.3, 0.4) is 0 Å². The van der Waals surface area contributed by atoms with Crippen molar-refractivity contribution >= 4 is 10.0 Å². The first kappa shape index (κ1) is 15.6. The summed E-state index contributed by atoms with van der Waals surface area (Å²) in [6.07, 6.45) is -4.60. The second kappa shape index (κ2) is 5.26. The van der Waals surface area contributed by atoms with Crippen molar-refractivity contribution in [1.82, 2.24) is 0 Å². The van der Waals surface area contributed by atoms with Crippen LogP contribution in [0.25, 0.3) is 5.14 Å². The van der Waals surface area contributed by atoms with Crippen LogP contribution in [-0.2, 0) is 16.2 Å². The summed E-state index contributed by atoms with van der Waals surface area (Å²) in [7, 11) is -4.34. The molecule has 15 heavy (non-hydrogen) atoms. The normalized spacial score (nSPS) is 12.0. The smallest absolute Gasteiger partial charge is 0.560 e. The minimum atomic E-state index is -4.60. The monoisotopic (exact) mass is 263 g/mol. The van der Waals surface area contributed by atoms with Gasteiger partial charge in [-0.3, -0.25) is 0 Å². The van der Waals surface area contributed by atoms with E-state index in [0.717, 1.165) is 18.2 Å². The summed E-state index contributed by atoms with van der Waals surface area (Å²) in [4.78, 5) is -0.660. The van der Waals surface area contributed by atoms with E-state index < -0.39 is 26.7 Å². The van der Waals surface area contributed by atoms with Crippen molar-refractivity contribution in [3.8, 4) is 0 Å². The van der Waals surface area contributed by atoms with Crippen molar-refractivity contribution in [2.75, 3.05) is 0 Å². The number of nitrogens with one attached hydrogen (secondary N) is 1. The molecule has 0 radical (unpaired) electrons. The van der Waals surface area contributed by atoms with Crippen LogP contribution in [0, 0.1) is 0 Å². The Kier molecular flexibility index (Phi) is 5.45. The standard InChI is InChI=1S/C7H5F3NO2S.K/c8-7(9,10)5-2-1-3-6(4-5)14(11,12)13;/h1-4H,(H-,11,12,13);/q-1;+1. The first-order valence-corrected chi connectivity index (χ1v) is 4.86. The van der Waals surface area contributed by atoms with Crippen molar-refractivity contribution in [2.45, 2.75) is 11.1 Å². The molecule has 0 bridgehead atoms. The largest absolute Gasteiger partial charge is 1.00 e. The molecule has 0 amide bonds. The van der Waals surface area contributed by atoms with Crippen molar-refractivity contribution in [3.05, 3.63) is 35.0 Å². The molecule has 1 rings (SSSR count). The van der Waals surface area contributed by atoms with Gasteiger partial charge in [0.25, 0.3) is 0 Å². The number of rotatable bonds is 1. The molecule has 0 aliphatic heterocycles. The third kappa shape index (κ3) is 4.51. The van der Waals surface area contributed by atoms with Crippen LogP contribution in [-0.4, -0.2) is 8.42 Å². The summed E-state index contributed by atoms with van der Waals surface area (Å²) >= 11 is 0. The molecular formula is C7H5F3KNO2S. The molecule has 0 spiro atoms. The fourth-order valence-electron chi connectivity index (χ4n) is 0.840. The van der Waals surface area contributed by atoms with Gasteiger partial charge in [0, 0.05) is 4.90 Å². The second-order valence-corrected chi connectivity index (χ2v) is 4.01. The third-order valence-electron chi connectivity index (χ3n) is 1.47. The molecule has 0 saturated heterocycles. The Morgan fingerprint density at radius 2 is 1.73 bits per heavy atom. The van der Waals surface area contributed by atoms with Crippen LogP contribution in [0.15, 0.2) is 29.2 Å². The molecule has 0 saturated carbocycles. The molecule has 0 atom stereocenters. The van der Waals surface area contributed by atoms with E-state index >= 15 is 0 Å². The summed E-state index contributed by atoms with van der Waals surface area (Å²) in [6, 6.07) is 3.07. The molecule has 0 aromatic heterocycles. The number of halogens is 3. The molecule has 78 valence electrons. The zero-order valence-electron chi connectivity index (χ0n) is 7.67. The van der Waals surface area contributed by atoms with Gasteiger partial charge in [0.15, 0.2) is 0 Å². The second-order valence-electron chi connectivity index (χ2n) is 2.53. The summed E-state index contributed by atoms with van der Waals surface area (Å²) in [5, 5.41) is 6.58. The zero-order chi connectivity index (χ0) is 11.0. The summed E-state index contributed by atoms with van der Waals surface area (Å²) < 4.78 is 57.5. The minimum absolute atomic E-state index is 0. The SMILES string of the molecule is [K+].[NH-]S(=O)(=O)c1cccc(C(F)(F)F)c1. The average molecular weight is 263 g/mol. The molecule has 1 N–H and O–H groups in total. The van der Waals surface area contributed by atoms with Gasteiger partial charge in [-0.05, 0) is 18.2 Å². The van der Waals surface area contributed by atoms with E-state index in [1.807, 2.05) is 0 Å². The average Bonchev–Trinajstić information content (AvgIpc) is 2.01. The van der Waals surface area contributed by atoms with Crippen molar-refractivity contribution < 1.29 is 73.0 Å². The maximum absolute atomic E-state index is 12.1. The van der Waals surface area contributed by atoms with Crippen LogP contribution in [0.4, 0.5) is 13.2 Å². The summed E-state index contributed by atoms with van der Waals surface area (Å²) in [6.45, 7) is 0. The Hall–Kier alpha value is 0.556. The van der Waals surface area contributed by atoms with Gasteiger partial charge in [-0.2, -0.15) is 13.2 Å². The van der Waals surface area contributed by atoms with Gasteiger partial charge in [0.2, 0.25) is 0 Å². The van der Waals surface area contributed by atoms with E-state index in [-0.39, 0.29) is 51.4 Å². The topological polar surface area (TPSA) is 57.9 Å². The minimum Gasteiger partial charge on any atom is -0.560 e. The van der Waals surface area contributed by atoms with Crippen LogP contribution in [0.2, 0.25) is 0 Å². The molecule has 1 aromatic rings. The molecule has 0 aliphatic rings. The molecule has 0 aliphatic carbocycles. The van der Waals surface area contributed by atoms with E-state index in [0.29, 0.717) is 6.07 Å². The van der Waals surface area contributed by atoms with Gasteiger partial charge in [-0.1, -0.05) is 6.07 Å². The molecule has 0 unspecified atom stereocenters. The van der Waals surface area contributed by atoms with Crippen molar-refractivity contribution in [2.24, 2.45) is 0 Å².